The molecule has 4 aromatic rings. The van der Waals surface area contributed by atoms with E-state index in [0.29, 0.717) is 25.1 Å². The zero-order chi connectivity index (χ0) is 24.8. The molecular formula is C25H27N7O2S. The summed E-state index contributed by atoms with van der Waals surface area (Å²) < 4.78 is 32.7. The molecule has 0 bridgehead atoms. The monoisotopic (exact) mass is 489 g/mol. The lowest BCUT2D eigenvalue weighted by atomic mass is 10.1. The first-order valence-corrected chi connectivity index (χ1v) is 12.6. The Morgan fingerprint density at radius 1 is 1.09 bits per heavy atom. The first-order valence-electron chi connectivity index (χ1n) is 11.1. The molecule has 1 atom stereocenters. The molecule has 35 heavy (non-hydrogen) atoms. The van der Waals surface area contributed by atoms with Crippen LogP contribution in [0.15, 0.2) is 84.7 Å². The number of anilines is 1. The highest BCUT2D eigenvalue weighted by Crippen LogP contribution is 2.20. The standard InChI is InChI=1S/C25H27N7O2S/c1-30-17-25(28-19-30)35(33,34)29-22(12-20-6-4-3-5-7-20)15-32(16-24-14-27-18-31(24)2)23-10-8-21(13-26)9-11-23/h3-11,14,17-19,22,29H,12,15-16H2,1-2H3. The van der Waals surface area contributed by atoms with Crippen molar-refractivity contribution in [1.29, 1.82) is 5.26 Å². The molecule has 0 spiro atoms. The average Bonchev–Trinajstić information content (AvgIpc) is 3.47. The minimum atomic E-state index is -3.84. The number of hydrogen-bond donors (Lipinski definition) is 1. The molecule has 1 unspecified atom stereocenters. The summed E-state index contributed by atoms with van der Waals surface area (Å²) in [6.07, 6.45) is 6.96. The smallest absolute Gasteiger partial charge is 0.259 e. The van der Waals surface area contributed by atoms with Crippen LogP contribution in [-0.4, -0.2) is 40.1 Å². The topological polar surface area (TPSA) is 109 Å². The van der Waals surface area contributed by atoms with Crippen LogP contribution in [0.3, 0.4) is 0 Å². The molecule has 1 N–H and O–H groups in total. The highest BCUT2D eigenvalue weighted by atomic mass is 32.2. The Balaban J connectivity index is 1.66. The zero-order valence-electron chi connectivity index (χ0n) is 19.6. The third-order valence-electron chi connectivity index (χ3n) is 5.67. The van der Waals surface area contributed by atoms with Crippen molar-refractivity contribution in [2.75, 3.05) is 11.4 Å². The molecule has 0 saturated carbocycles. The summed E-state index contributed by atoms with van der Waals surface area (Å²) in [5.41, 5.74) is 3.42. The maximum Gasteiger partial charge on any atom is 0.259 e. The number of hydrogen-bond acceptors (Lipinski definition) is 6. The van der Waals surface area contributed by atoms with Crippen molar-refractivity contribution in [1.82, 2.24) is 23.8 Å². The third-order valence-corrected chi connectivity index (χ3v) is 7.08. The normalized spacial score (nSPS) is 12.3. The number of benzene rings is 2. The first kappa shape index (κ1) is 24.2. The quantitative estimate of drug-likeness (QED) is 0.367. The van der Waals surface area contributed by atoms with Crippen molar-refractivity contribution < 1.29 is 8.42 Å². The Labute approximate surface area is 205 Å². The Bertz CT molecular complexity index is 1400. The number of imidazole rings is 2. The van der Waals surface area contributed by atoms with E-state index in [4.69, 9.17) is 0 Å². The van der Waals surface area contributed by atoms with Crippen LogP contribution in [0.2, 0.25) is 0 Å². The summed E-state index contributed by atoms with van der Waals surface area (Å²) in [6.45, 7) is 0.900. The number of nitrogens with one attached hydrogen (secondary N) is 1. The van der Waals surface area contributed by atoms with Crippen LogP contribution in [0.4, 0.5) is 5.69 Å². The van der Waals surface area contributed by atoms with Crippen molar-refractivity contribution >= 4 is 15.7 Å². The predicted octanol–water partition coefficient (Wildman–Crippen LogP) is 2.62. The number of nitriles is 1. The highest BCUT2D eigenvalue weighted by molar-refractivity contribution is 7.89. The van der Waals surface area contributed by atoms with Crippen LogP contribution in [0.25, 0.3) is 0 Å². The maximum atomic E-state index is 13.2. The van der Waals surface area contributed by atoms with Gasteiger partial charge >= 0.3 is 0 Å². The lowest BCUT2D eigenvalue weighted by molar-refractivity contribution is 0.532. The van der Waals surface area contributed by atoms with E-state index in [2.05, 4.69) is 25.7 Å². The molecule has 2 heterocycles. The summed E-state index contributed by atoms with van der Waals surface area (Å²) in [4.78, 5) is 10.3. The predicted molar refractivity (Wildman–Crippen MR) is 133 cm³/mol. The second-order valence-electron chi connectivity index (χ2n) is 8.42. The van der Waals surface area contributed by atoms with Gasteiger partial charge in [-0.15, -0.1) is 0 Å². The van der Waals surface area contributed by atoms with Gasteiger partial charge in [0.15, 0.2) is 5.03 Å². The van der Waals surface area contributed by atoms with Crippen LogP contribution < -0.4 is 9.62 Å². The lowest BCUT2D eigenvalue weighted by Crippen LogP contribution is -2.45. The molecule has 0 amide bonds. The van der Waals surface area contributed by atoms with Gasteiger partial charge in [0.2, 0.25) is 0 Å². The van der Waals surface area contributed by atoms with Gasteiger partial charge in [-0.1, -0.05) is 30.3 Å². The fourth-order valence-corrected chi connectivity index (χ4v) is 5.06. The summed E-state index contributed by atoms with van der Waals surface area (Å²) in [5, 5.41) is 9.18. The summed E-state index contributed by atoms with van der Waals surface area (Å²) >= 11 is 0. The molecule has 9 nitrogen and oxygen atoms in total. The largest absolute Gasteiger partial charge is 0.364 e. The van der Waals surface area contributed by atoms with Gasteiger partial charge in [0.1, 0.15) is 0 Å². The van der Waals surface area contributed by atoms with Crippen LogP contribution in [0, 0.1) is 11.3 Å². The van der Waals surface area contributed by atoms with Crippen molar-refractivity contribution in [3.63, 3.8) is 0 Å². The van der Waals surface area contributed by atoms with Gasteiger partial charge in [0, 0.05) is 44.8 Å². The molecule has 0 aliphatic heterocycles. The van der Waals surface area contributed by atoms with Crippen LogP contribution in [0.1, 0.15) is 16.8 Å². The minimum absolute atomic E-state index is 0.0189. The number of aryl methyl sites for hydroxylation is 2. The van der Waals surface area contributed by atoms with E-state index >= 15 is 0 Å². The van der Waals surface area contributed by atoms with Gasteiger partial charge in [-0.3, -0.25) is 0 Å². The Morgan fingerprint density at radius 3 is 2.43 bits per heavy atom. The van der Waals surface area contributed by atoms with Gasteiger partial charge in [-0.05, 0) is 36.2 Å². The number of sulfonamides is 1. The first-order chi connectivity index (χ1) is 16.8. The van der Waals surface area contributed by atoms with Gasteiger partial charge in [0.25, 0.3) is 10.0 Å². The van der Waals surface area contributed by atoms with Crippen molar-refractivity contribution in [2.45, 2.75) is 24.0 Å². The minimum Gasteiger partial charge on any atom is -0.364 e. The summed E-state index contributed by atoms with van der Waals surface area (Å²) in [7, 11) is -0.185. The van der Waals surface area contributed by atoms with E-state index in [0.717, 1.165) is 16.9 Å². The Kier molecular flexibility index (Phi) is 7.29. The average molecular weight is 490 g/mol. The highest BCUT2D eigenvalue weighted by Gasteiger charge is 2.25. The Morgan fingerprint density at radius 2 is 1.83 bits per heavy atom. The molecule has 0 fully saturated rings. The number of nitrogens with zero attached hydrogens (tertiary/aromatic N) is 6. The van der Waals surface area contributed by atoms with Gasteiger partial charge < -0.3 is 14.0 Å². The second-order valence-corrected chi connectivity index (χ2v) is 10.1. The maximum absolute atomic E-state index is 13.2. The molecule has 0 saturated heterocycles. The summed E-state index contributed by atoms with van der Waals surface area (Å²) in [5.74, 6) is 0. The van der Waals surface area contributed by atoms with E-state index < -0.39 is 16.1 Å². The fourth-order valence-electron chi connectivity index (χ4n) is 3.86. The van der Waals surface area contributed by atoms with Gasteiger partial charge in [-0.2, -0.15) is 5.26 Å². The van der Waals surface area contributed by atoms with Gasteiger partial charge in [0.05, 0.1) is 36.5 Å². The van der Waals surface area contributed by atoms with Crippen LogP contribution in [-0.2, 0) is 37.1 Å². The molecule has 2 aromatic heterocycles. The van der Waals surface area contributed by atoms with E-state index in [1.54, 1.807) is 36.3 Å². The van der Waals surface area contributed by atoms with Crippen molar-refractivity contribution in [2.24, 2.45) is 14.1 Å². The number of rotatable bonds is 10. The second kappa shape index (κ2) is 10.5. The molecule has 4 rings (SSSR count). The lowest BCUT2D eigenvalue weighted by Gasteiger charge is -2.30. The molecule has 0 aliphatic carbocycles. The summed E-state index contributed by atoms with van der Waals surface area (Å²) in [6, 6.07) is 18.7. The van der Waals surface area contributed by atoms with E-state index in [-0.39, 0.29) is 5.03 Å². The van der Waals surface area contributed by atoms with Crippen LogP contribution >= 0.6 is 0 Å². The van der Waals surface area contributed by atoms with E-state index in [1.165, 1.54) is 12.5 Å². The molecule has 0 aliphatic rings. The van der Waals surface area contributed by atoms with Crippen molar-refractivity contribution in [3.05, 3.63) is 96.5 Å². The van der Waals surface area contributed by atoms with E-state index in [1.807, 2.05) is 54.1 Å². The van der Waals surface area contributed by atoms with E-state index in [9.17, 15) is 13.7 Å². The molecule has 2 aromatic carbocycles. The van der Waals surface area contributed by atoms with Gasteiger partial charge in [-0.25, -0.2) is 23.1 Å². The molecular weight excluding hydrogens is 462 g/mol. The SMILES string of the molecule is Cn1cnc(S(=O)(=O)NC(Cc2ccccc2)CN(Cc2cncn2C)c2ccc(C#N)cc2)c1. The zero-order valence-corrected chi connectivity index (χ0v) is 20.4. The van der Waals surface area contributed by atoms with Crippen LogP contribution in [0.5, 0.6) is 0 Å². The molecule has 0 radical (unpaired) electrons. The number of aromatic nitrogens is 4. The fraction of sp³-hybridized carbons (Fsp3) is 0.240. The molecule has 180 valence electrons. The van der Waals surface area contributed by atoms with Crippen molar-refractivity contribution in [3.8, 4) is 6.07 Å². The Hall–Kier alpha value is -3.94. The molecule has 10 heteroatoms. The third kappa shape index (κ3) is 6.15.